The topological polar surface area (TPSA) is 35.2 Å². The molecule has 0 radical (unpaired) electrons. The van der Waals surface area contributed by atoms with E-state index in [9.17, 15) is 0 Å². The molecular formula is C13H13BrClNOS. The molecule has 0 aliphatic carbocycles. The van der Waals surface area contributed by atoms with Gasteiger partial charge >= 0.3 is 0 Å². The number of thiophene rings is 1. The summed E-state index contributed by atoms with van der Waals surface area (Å²) in [5, 5.41) is 0. The Balaban J connectivity index is 2.02. The molecule has 0 aliphatic rings. The van der Waals surface area contributed by atoms with Gasteiger partial charge in [0.15, 0.2) is 0 Å². The van der Waals surface area contributed by atoms with Crippen LogP contribution in [-0.2, 0) is 11.3 Å². The summed E-state index contributed by atoms with van der Waals surface area (Å²) in [6.07, 6.45) is -0.102. The predicted octanol–water partition coefficient (Wildman–Crippen LogP) is 4.38. The molecule has 5 heteroatoms. The van der Waals surface area contributed by atoms with Gasteiger partial charge in [-0.3, -0.25) is 0 Å². The average Bonchev–Trinajstić information content (AvgIpc) is 2.79. The summed E-state index contributed by atoms with van der Waals surface area (Å²) in [6.45, 7) is 0.972. The van der Waals surface area contributed by atoms with E-state index in [1.807, 2.05) is 36.4 Å². The van der Waals surface area contributed by atoms with Crippen molar-refractivity contribution in [3.05, 3.63) is 55.6 Å². The van der Waals surface area contributed by atoms with Crippen molar-refractivity contribution in [3.8, 4) is 0 Å². The quantitative estimate of drug-likeness (QED) is 0.872. The number of hydrogen-bond acceptors (Lipinski definition) is 3. The van der Waals surface area contributed by atoms with Gasteiger partial charge in [-0.25, -0.2) is 0 Å². The average molecular weight is 347 g/mol. The van der Waals surface area contributed by atoms with Crippen molar-refractivity contribution >= 4 is 38.9 Å². The van der Waals surface area contributed by atoms with Crippen LogP contribution in [0.25, 0.3) is 0 Å². The molecule has 0 amide bonds. The van der Waals surface area contributed by atoms with Crippen LogP contribution >= 0.6 is 38.9 Å². The smallest absolute Gasteiger partial charge is 0.104 e. The van der Waals surface area contributed by atoms with E-state index in [1.54, 1.807) is 0 Å². The summed E-state index contributed by atoms with van der Waals surface area (Å²) >= 11 is 10.9. The van der Waals surface area contributed by atoms with Crippen molar-refractivity contribution in [2.45, 2.75) is 12.7 Å². The standard InChI is InChI=1S/C13H13BrClNOS/c14-10-4-2-1-3-9(10)8-17-11(7-16)12-5-6-13(15)18-12/h1-6,11H,7-8,16H2. The maximum absolute atomic E-state index is 5.92. The van der Waals surface area contributed by atoms with Crippen LogP contribution in [0.4, 0.5) is 0 Å². The molecule has 96 valence electrons. The van der Waals surface area contributed by atoms with Crippen LogP contribution in [0.5, 0.6) is 0 Å². The molecule has 1 aromatic heterocycles. The van der Waals surface area contributed by atoms with Gasteiger partial charge in [-0.15, -0.1) is 11.3 Å². The van der Waals surface area contributed by atoms with Gasteiger partial charge < -0.3 is 10.5 Å². The van der Waals surface area contributed by atoms with Crippen LogP contribution in [-0.4, -0.2) is 6.54 Å². The van der Waals surface area contributed by atoms with Crippen molar-refractivity contribution < 1.29 is 4.74 Å². The highest BCUT2D eigenvalue weighted by Gasteiger charge is 2.13. The summed E-state index contributed by atoms with van der Waals surface area (Å²) in [7, 11) is 0. The summed E-state index contributed by atoms with van der Waals surface area (Å²) in [6, 6.07) is 11.8. The van der Waals surface area contributed by atoms with Crippen LogP contribution < -0.4 is 5.73 Å². The van der Waals surface area contributed by atoms with E-state index in [2.05, 4.69) is 15.9 Å². The van der Waals surface area contributed by atoms with Crippen LogP contribution in [0.2, 0.25) is 4.34 Å². The lowest BCUT2D eigenvalue weighted by molar-refractivity contribution is 0.0477. The number of ether oxygens (including phenoxy) is 1. The number of benzene rings is 1. The Morgan fingerprint density at radius 3 is 2.67 bits per heavy atom. The van der Waals surface area contributed by atoms with E-state index in [1.165, 1.54) is 11.3 Å². The molecule has 2 aromatic rings. The second-order valence-electron chi connectivity index (χ2n) is 3.77. The lowest BCUT2D eigenvalue weighted by Crippen LogP contribution is -2.14. The third-order valence-electron chi connectivity index (χ3n) is 2.52. The Morgan fingerprint density at radius 1 is 1.28 bits per heavy atom. The zero-order valence-electron chi connectivity index (χ0n) is 9.61. The highest BCUT2D eigenvalue weighted by molar-refractivity contribution is 9.10. The summed E-state index contributed by atoms with van der Waals surface area (Å²) in [4.78, 5) is 1.06. The second-order valence-corrected chi connectivity index (χ2v) is 6.37. The largest absolute Gasteiger partial charge is 0.367 e. The van der Waals surface area contributed by atoms with E-state index in [0.29, 0.717) is 13.2 Å². The molecule has 0 fully saturated rings. The fourth-order valence-corrected chi connectivity index (χ4v) is 3.10. The fourth-order valence-electron chi connectivity index (χ4n) is 1.57. The van der Waals surface area contributed by atoms with Crippen molar-refractivity contribution in [1.82, 2.24) is 0 Å². The maximum atomic E-state index is 5.92. The SMILES string of the molecule is NCC(OCc1ccccc1Br)c1ccc(Cl)s1. The van der Waals surface area contributed by atoms with Gasteiger partial charge in [0.05, 0.1) is 10.9 Å². The first-order valence-electron chi connectivity index (χ1n) is 5.51. The zero-order chi connectivity index (χ0) is 13.0. The minimum absolute atomic E-state index is 0.102. The number of nitrogens with two attached hydrogens (primary N) is 1. The molecule has 2 nitrogen and oxygen atoms in total. The maximum Gasteiger partial charge on any atom is 0.104 e. The molecule has 1 aromatic carbocycles. The lowest BCUT2D eigenvalue weighted by atomic mass is 10.2. The van der Waals surface area contributed by atoms with Crippen LogP contribution in [0.1, 0.15) is 16.5 Å². The molecule has 18 heavy (non-hydrogen) atoms. The molecule has 2 N–H and O–H groups in total. The fraction of sp³-hybridized carbons (Fsp3) is 0.231. The Hall–Kier alpha value is -0.390. The van der Waals surface area contributed by atoms with Gasteiger partial charge in [-0.2, -0.15) is 0 Å². The Bertz CT molecular complexity index is 517. The Morgan fingerprint density at radius 2 is 2.06 bits per heavy atom. The van der Waals surface area contributed by atoms with Gasteiger partial charge in [0.1, 0.15) is 6.10 Å². The van der Waals surface area contributed by atoms with Crippen LogP contribution in [0.15, 0.2) is 40.9 Å². The first kappa shape index (κ1) is 14.0. The molecule has 1 atom stereocenters. The first-order valence-corrected chi connectivity index (χ1v) is 7.49. The highest BCUT2D eigenvalue weighted by Crippen LogP contribution is 2.29. The zero-order valence-corrected chi connectivity index (χ0v) is 12.8. The molecule has 0 spiro atoms. The molecular weight excluding hydrogens is 334 g/mol. The minimum atomic E-state index is -0.102. The third-order valence-corrected chi connectivity index (χ3v) is 4.62. The van der Waals surface area contributed by atoms with Gasteiger partial charge in [0.25, 0.3) is 0 Å². The number of halogens is 2. The van der Waals surface area contributed by atoms with Crippen LogP contribution in [0.3, 0.4) is 0 Å². The van der Waals surface area contributed by atoms with Gasteiger partial charge in [-0.05, 0) is 23.8 Å². The molecule has 0 aliphatic heterocycles. The molecule has 0 saturated heterocycles. The summed E-state index contributed by atoms with van der Waals surface area (Å²) in [5.74, 6) is 0. The van der Waals surface area contributed by atoms with E-state index in [-0.39, 0.29) is 6.10 Å². The number of rotatable bonds is 5. The van der Waals surface area contributed by atoms with E-state index in [4.69, 9.17) is 22.1 Å². The normalized spacial score (nSPS) is 12.6. The minimum Gasteiger partial charge on any atom is -0.367 e. The van der Waals surface area contributed by atoms with Gasteiger partial charge in [0, 0.05) is 15.9 Å². The monoisotopic (exact) mass is 345 g/mol. The Kier molecular flexibility index (Phi) is 5.21. The molecule has 1 heterocycles. The van der Waals surface area contributed by atoms with Crippen molar-refractivity contribution in [1.29, 1.82) is 0 Å². The first-order chi connectivity index (χ1) is 8.70. The molecule has 0 bridgehead atoms. The lowest BCUT2D eigenvalue weighted by Gasteiger charge is -2.15. The molecule has 2 rings (SSSR count). The third kappa shape index (κ3) is 3.56. The van der Waals surface area contributed by atoms with E-state index in [0.717, 1.165) is 19.2 Å². The van der Waals surface area contributed by atoms with Gasteiger partial charge in [-0.1, -0.05) is 45.7 Å². The molecule has 0 saturated carbocycles. The van der Waals surface area contributed by atoms with Gasteiger partial charge in [0.2, 0.25) is 0 Å². The molecule has 1 unspecified atom stereocenters. The summed E-state index contributed by atoms with van der Waals surface area (Å²) < 4.78 is 7.66. The summed E-state index contributed by atoms with van der Waals surface area (Å²) in [5.41, 5.74) is 6.85. The van der Waals surface area contributed by atoms with Crippen LogP contribution in [0, 0.1) is 0 Å². The van der Waals surface area contributed by atoms with Crippen molar-refractivity contribution in [2.75, 3.05) is 6.54 Å². The Labute approximate surface area is 124 Å². The van der Waals surface area contributed by atoms with Crippen molar-refractivity contribution in [2.24, 2.45) is 5.73 Å². The van der Waals surface area contributed by atoms with Crippen molar-refractivity contribution in [3.63, 3.8) is 0 Å². The number of hydrogen-bond donors (Lipinski definition) is 1. The van der Waals surface area contributed by atoms with E-state index >= 15 is 0 Å². The highest BCUT2D eigenvalue weighted by atomic mass is 79.9. The van der Waals surface area contributed by atoms with E-state index < -0.39 is 0 Å². The predicted molar refractivity (Wildman–Crippen MR) is 80.1 cm³/mol. The second kappa shape index (κ2) is 6.68.